The van der Waals surface area contributed by atoms with Gasteiger partial charge < -0.3 is 5.32 Å². The maximum absolute atomic E-state index is 11.9. The summed E-state index contributed by atoms with van der Waals surface area (Å²) in [5, 5.41) is 2.37. The number of benzene rings is 2. The minimum Gasteiger partial charge on any atom is -0.326 e. The molecule has 3 N–H and O–H groups in total. The van der Waals surface area contributed by atoms with Gasteiger partial charge in [0.05, 0.1) is 5.69 Å². The number of hydrogen-bond donors (Lipinski definition) is 3. The predicted molar refractivity (Wildman–Crippen MR) is 117 cm³/mol. The molecule has 13 heteroatoms. The SMILES string of the molecule is CC(=O)Nc1ccc(/C=C/c2ccc(N3C(=O)C=CC3=O)cc2S(=O)(=O)O)c(S(=O)(=O)O)c1. The molecule has 0 aliphatic carbocycles. The standard InChI is InChI=1S/C20H16N2O9S2/c1-12(23)21-15-6-4-13(17(10-15)32(26,27)28)2-3-14-5-7-16(11-18(14)33(29,30)31)22-19(24)8-9-20(22)25/h2-11H,1H3,(H,21,23)(H,26,27,28)(H,29,30,31)/b3-2+. The van der Waals surface area contributed by atoms with Crippen LogP contribution in [0.25, 0.3) is 12.2 Å². The first-order valence-electron chi connectivity index (χ1n) is 9.02. The minimum atomic E-state index is -4.82. The summed E-state index contributed by atoms with van der Waals surface area (Å²) in [6, 6.07) is 7.02. The Balaban J connectivity index is 2.08. The quantitative estimate of drug-likeness (QED) is 0.308. The molecular formula is C20H16N2O9S2. The van der Waals surface area contributed by atoms with Gasteiger partial charge in [-0.25, -0.2) is 4.90 Å². The van der Waals surface area contributed by atoms with Crippen LogP contribution < -0.4 is 10.2 Å². The Morgan fingerprint density at radius 3 is 1.82 bits per heavy atom. The highest BCUT2D eigenvalue weighted by Crippen LogP contribution is 2.28. The van der Waals surface area contributed by atoms with Gasteiger partial charge in [0.1, 0.15) is 9.79 Å². The van der Waals surface area contributed by atoms with Crippen LogP contribution in [0.5, 0.6) is 0 Å². The lowest BCUT2D eigenvalue weighted by Gasteiger charge is -2.15. The van der Waals surface area contributed by atoms with Gasteiger partial charge in [0.15, 0.2) is 0 Å². The summed E-state index contributed by atoms with van der Waals surface area (Å²) < 4.78 is 66.5. The number of anilines is 2. The summed E-state index contributed by atoms with van der Waals surface area (Å²) in [4.78, 5) is 34.4. The van der Waals surface area contributed by atoms with E-state index in [0.29, 0.717) is 4.90 Å². The summed E-state index contributed by atoms with van der Waals surface area (Å²) in [5.41, 5.74) is -0.145. The van der Waals surface area contributed by atoms with Crippen molar-refractivity contribution in [2.24, 2.45) is 0 Å². The van der Waals surface area contributed by atoms with Crippen molar-refractivity contribution in [3.8, 4) is 0 Å². The molecule has 1 aliphatic heterocycles. The number of carbonyl (C=O) groups is 3. The van der Waals surface area contributed by atoms with Gasteiger partial charge in [0, 0.05) is 24.8 Å². The third kappa shape index (κ3) is 5.40. The molecule has 11 nitrogen and oxygen atoms in total. The molecule has 0 atom stereocenters. The van der Waals surface area contributed by atoms with E-state index in [4.69, 9.17) is 0 Å². The fourth-order valence-electron chi connectivity index (χ4n) is 3.03. The largest absolute Gasteiger partial charge is 0.326 e. The maximum atomic E-state index is 11.9. The molecule has 2 aromatic rings. The molecule has 3 amide bonds. The molecular weight excluding hydrogens is 476 g/mol. The maximum Gasteiger partial charge on any atom is 0.295 e. The molecule has 0 aromatic heterocycles. The molecule has 0 bridgehead atoms. The van der Waals surface area contributed by atoms with E-state index in [9.17, 15) is 40.3 Å². The van der Waals surface area contributed by atoms with E-state index in [-0.39, 0.29) is 22.5 Å². The summed E-state index contributed by atoms with van der Waals surface area (Å²) in [5.74, 6) is -1.86. The molecule has 172 valence electrons. The van der Waals surface area contributed by atoms with Crippen molar-refractivity contribution < 1.29 is 40.3 Å². The lowest BCUT2D eigenvalue weighted by molar-refractivity contribution is -0.120. The van der Waals surface area contributed by atoms with Crippen molar-refractivity contribution in [3.63, 3.8) is 0 Å². The normalized spacial score (nSPS) is 14.3. The summed E-state index contributed by atoms with van der Waals surface area (Å²) in [6.45, 7) is 1.21. The molecule has 1 heterocycles. The van der Waals surface area contributed by atoms with E-state index >= 15 is 0 Å². The van der Waals surface area contributed by atoms with E-state index in [0.717, 1.165) is 36.4 Å². The average Bonchev–Trinajstić information content (AvgIpc) is 3.03. The molecule has 0 spiro atoms. The molecule has 0 fully saturated rings. The van der Waals surface area contributed by atoms with Crippen molar-refractivity contribution in [1.82, 2.24) is 0 Å². The molecule has 3 rings (SSSR count). The number of carbonyl (C=O) groups excluding carboxylic acids is 3. The Bertz CT molecular complexity index is 1440. The van der Waals surface area contributed by atoms with Crippen LogP contribution in [0, 0.1) is 0 Å². The van der Waals surface area contributed by atoms with Crippen LogP contribution in [0.15, 0.2) is 58.3 Å². The summed E-state index contributed by atoms with van der Waals surface area (Å²) in [6.07, 6.45) is 4.33. The highest BCUT2D eigenvalue weighted by molar-refractivity contribution is 7.86. The number of nitrogens with zero attached hydrogens (tertiary/aromatic N) is 1. The zero-order valence-electron chi connectivity index (χ0n) is 16.8. The predicted octanol–water partition coefficient (Wildman–Crippen LogP) is 1.74. The van der Waals surface area contributed by atoms with E-state index in [1.807, 2.05) is 0 Å². The van der Waals surface area contributed by atoms with E-state index in [1.54, 1.807) is 0 Å². The topological polar surface area (TPSA) is 175 Å². The lowest BCUT2D eigenvalue weighted by atomic mass is 10.1. The number of amides is 3. The fourth-order valence-corrected chi connectivity index (χ4v) is 4.45. The zero-order chi connectivity index (χ0) is 24.6. The second kappa shape index (κ2) is 8.71. The first-order chi connectivity index (χ1) is 15.3. The monoisotopic (exact) mass is 492 g/mol. The number of imide groups is 1. The van der Waals surface area contributed by atoms with Gasteiger partial charge in [-0.2, -0.15) is 16.8 Å². The van der Waals surface area contributed by atoms with E-state index in [1.165, 1.54) is 31.2 Å². The number of nitrogens with one attached hydrogen (secondary N) is 1. The van der Waals surface area contributed by atoms with Crippen LogP contribution in [0.4, 0.5) is 11.4 Å². The smallest absolute Gasteiger partial charge is 0.295 e. The van der Waals surface area contributed by atoms with Crippen molar-refractivity contribution >= 4 is 61.5 Å². The zero-order valence-corrected chi connectivity index (χ0v) is 18.4. The Morgan fingerprint density at radius 2 is 1.33 bits per heavy atom. The van der Waals surface area contributed by atoms with Crippen molar-refractivity contribution in [2.45, 2.75) is 16.7 Å². The number of hydrogen-bond acceptors (Lipinski definition) is 7. The van der Waals surface area contributed by atoms with E-state index < -0.39 is 47.7 Å². The second-order valence-corrected chi connectivity index (χ2v) is 9.56. The van der Waals surface area contributed by atoms with Gasteiger partial charge in [-0.3, -0.25) is 23.5 Å². The van der Waals surface area contributed by atoms with Gasteiger partial charge in [-0.1, -0.05) is 24.3 Å². The van der Waals surface area contributed by atoms with Crippen LogP contribution in [0.1, 0.15) is 18.1 Å². The summed E-state index contributed by atoms with van der Waals surface area (Å²) >= 11 is 0. The minimum absolute atomic E-state index is 0.0499. The van der Waals surface area contributed by atoms with Crippen molar-refractivity contribution in [1.29, 1.82) is 0 Å². The van der Waals surface area contributed by atoms with Crippen LogP contribution >= 0.6 is 0 Å². The first kappa shape index (κ1) is 24.0. The highest BCUT2D eigenvalue weighted by Gasteiger charge is 2.27. The Hall–Kier alpha value is -3.65. The second-order valence-electron chi connectivity index (χ2n) is 6.78. The molecule has 1 aliphatic rings. The van der Waals surface area contributed by atoms with Gasteiger partial charge in [-0.05, 0) is 35.4 Å². The lowest BCUT2D eigenvalue weighted by Crippen LogP contribution is -2.29. The summed E-state index contributed by atoms with van der Waals surface area (Å²) in [7, 11) is -9.54. The van der Waals surface area contributed by atoms with Crippen molar-refractivity contribution in [3.05, 3.63) is 59.7 Å². The Kier molecular flexibility index (Phi) is 6.33. The first-order valence-corrected chi connectivity index (χ1v) is 11.9. The van der Waals surface area contributed by atoms with Gasteiger partial charge in [0.2, 0.25) is 5.91 Å². The van der Waals surface area contributed by atoms with Crippen LogP contribution in [-0.4, -0.2) is 43.7 Å². The highest BCUT2D eigenvalue weighted by atomic mass is 32.2. The van der Waals surface area contributed by atoms with Crippen LogP contribution in [0.3, 0.4) is 0 Å². The Labute approximate surface area is 188 Å². The van der Waals surface area contributed by atoms with Crippen molar-refractivity contribution in [2.75, 3.05) is 10.2 Å². The molecule has 0 saturated carbocycles. The van der Waals surface area contributed by atoms with Crippen LogP contribution in [0.2, 0.25) is 0 Å². The Morgan fingerprint density at radius 1 is 0.848 bits per heavy atom. The molecule has 0 unspecified atom stereocenters. The van der Waals surface area contributed by atoms with E-state index in [2.05, 4.69) is 5.32 Å². The molecule has 33 heavy (non-hydrogen) atoms. The third-order valence-electron chi connectivity index (χ3n) is 4.40. The molecule has 2 aromatic carbocycles. The van der Waals surface area contributed by atoms with Gasteiger partial charge >= 0.3 is 0 Å². The van der Waals surface area contributed by atoms with Gasteiger partial charge in [0.25, 0.3) is 32.1 Å². The third-order valence-corrected chi connectivity index (χ3v) is 6.22. The molecule has 0 saturated heterocycles. The number of rotatable bonds is 6. The fraction of sp³-hybridized carbons (Fsp3) is 0.0500. The van der Waals surface area contributed by atoms with Gasteiger partial charge in [-0.15, -0.1) is 0 Å². The van der Waals surface area contributed by atoms with Crippen LogP contribution in [-0.2, 0) is 34.6 Å². The average molecular weight is 492 g/mol. The molecule has 0 radical (unpaired) electrons.